The lowest BCUT2D eigenvalue weighted by Gasteiger charge is -2.27. The lowest BCUT2D eigenvalue weighted by atomic mass is 9.93. The molecule has 4 nitrogen and oxygen atoms in total. The molecule has 1 aromatic carbocycles. The predicted octanol–water partition coefficient (Wildman–Crippen LogP) is 3.96. The van der Waals surface area contributed by atoms with Crippen molar-refractivity contribution in [3.05, 3.63) is 44.3 Å². The molecule has 0 unspecified atom stereocenters. The molecule has 0 spiro atoms. The minimum absolute atomic E-state index is 0.113. The van der Waals surface area contributed by atoms with Crippen LogP contribution in [0.4, 0.5) is 0 Å². The number of aryl methyl sites for hydroxylation is 1. The van der Waals surface area contributed by atoms with Crippen molar-refractivity contribution in [2.75, 3.05) is 0 Å². The Morgan fingerprint density at radius 1 is 1.33 bits per heavy atom. The van der Waals surface area contributed by atoms with Crippen molar-refractivity contribution in [3.63, 3.8) is 0 Å². The van der Waals surface area contributed by atoms with Crippen molar-refractivity contribution < 1.29 is 5.11 Å². The van der Waals surface area contributed by atoms with E-state index in [1.807, 2.05) is 0 Å². The fourth-order valence-corrected chi connectivity index (χ4v) is 2.97. The summed E-state index contributed by atoms with van der Waals surface area (Å²) < 4.78 is 1.47. The molecule has 1 saturated carbocycles. The van der Waals surface area contributed by atoms with Crippen molar-refractivity contribution >= 4 is 23.2 Å². The Hall–Kier alpha value is -1.52. The van der Waals surface area contributed by atoms with Crippen LogP contribution in [-0.4, -0.2) is 14.9 Å². The Balaban J connectivity index is 2.25. The third-order valence-electron chi connectivity index (χ3n) is 3.88. The Morgan fingerprint density at radius 2 is 2.05 bits per heavy atom. The number of nitrogens with zero attached hydrogens (tertiary/aromatic N) is 2. The molecule has 110 valence electrons. The first-order chi connectivity index (χ1) is 9.99. The second-order valence-corrected chi connectivity index (χ2v) is 6.11. The van der Waals surface area contributed by atoms with E-state index in [-0.39, 0.29) is 22.9 Å². The summed E-state index contributed by atoms with van der Waals surface area (Å²) in [6.45, 7) is 1.68. The Bertz CT molecular complexity index is 767. The van der Waals surface area contributed by atoms with Gasteiger partial charge in [0.05, 0.1) is 16.6 Å². The minimum atomic E-state index is -0.313. The van der Waals surface area contributed by atoms with E-state index >= 15 is 0 Å². The van der Waals surface area contributed by atoms with Gasteiger partial charge < -0.3 is 5.11 Å². The van der Waals surface area contributed by atoms with Crippen LogP contribution in [0.25, 0.3) is 11.1 Å². The number of rotatable bonds is 2. The zero-order chi connectivity index (χ0) is 15.1. The van der Waals surface area contributed by atoms with E-state index in [0.29, 0.717) is 21.3 Å². The summed E-state index contributed by atoms with van der Waals surface area (Å²) in [5.74, 6) is -0.125. The van der Waals surface area contributed by atoms with Crippen LogP contribution in [0.15, 0.2) is 23.0 Å². The van der Waals surface area contributed by atoms with Gasteiger partial charge >= 0.3 is 0 Å². The van der Waals surface area contributed by atoms with Crippen LogP contribution in [0.3, 0.4) is 0 Å². The molecule has 0 bridgehead atoms. The standard InChI is InChI=1S/C15H14Cl2N2O2/c1-8-14(20)13(11-6-5-9(16)7-12(11)17)15(21)19(18-8)10-3-2-4-10/h5-7,10,20H,2-4H2,1H3. The van der Waals surface area contributed by atoms with E-state index in [9.17, 15) is 9.90 Å². The van der Waals surface area contributed by atoms with Crippen LogP contribution in [0, 0.1) is 6.92 Å². The number of benzene rings is 1. The van der Waals surface area contributed by atoms with E-state index in [0.717, 1.165) is 19.3 Å². The van der Waals surface area contributed by atoms with E-state index in [1.165, 1.54) is 4.68 Å². The molecule has 0 aliphatic heterocycles. The average Bonchev–Trinajstić information content (AvgIpc) is 2.36. The van der Waals surface area contributed by atoms with Crippen molar-refractivity contribution in [2.24, 2.45) is 0 Å². The fourth-order valence-electron chi connectivity index (χ4n) is 2.46. The average molecular weight is 325 g/mol. The molecular formula is C15H14Cl2N2O2. The van der Waals surface area contributed by atoms with Gasteiger partial charge in [0.15, 0.2) is 5.75 Å². The maximum absolute atomic E-state index is 12.7. The van der Waals surface area contributed by atoms with Gasteiger partial charge in [-0.15, -0.1) is 0 Å². The summed E-state index contributed by atoms with van der Waals surface area (Å²) in [5, 5.41) is 15.3. The number of aromatic nitrogens is 2. The fraction of sp³-hybridized carbons (Fsp3) is 0.333. The molecule has 1 N–H and O–H groups in total. The highest BCUT2D eigenvalue weighted by atomic mass is 35.5. The minimum Gasteiger partial charge on any atom is -0.505 e. The van der Waals surface area contributed by atoms with Crippen LogP contribution in [-0.2, 0) is 0 Å². The lowest BCUT2D eigenvalue weighted by Crippen LogP contribution is -2.32. The monoisotopic (exact) mass is 324 g/mol. The van der Waals surface area contributed by atoms with Crippen LogP contribution >= 0.6 is 23.2 Å². The van der Waals surface area contributed by atoms with Gasteiger partial charge in [-0.1, -0.05) is 29.3 Å². The van der Waals surface area contributed by atoms with Crippen molar-refractivity contribution in [1.29, 1.82) is 0 Å². The molecule has 3 rings (SSSR count). The van der Waals surface area contributed by atoms with Gasteiger partial charge in [-0.05, 0) is 38.3 Å². The lowest BCUT2D eigenvalue weighted by molar-refractivity contribution is 0.275. The van der Waals surface area contributed by atoms with Gasteiger partial charge in [0.1, 0.15) is 5.69 Å². The normalized spacial score (nSPS) is 15.0. The summed E-state index contributed by atoms with van der Waals surface area (Å²) >= 11 is 12.1. The summed E-state index contributed by atoms with van der Waals surface area (Å²) in [4.78, 5) is 12.7. The molecule has 1 fully saturated rings. The molecule has 0 radical (unpaired) electrons. The topological polar surface area (TPSA) is 55.1 Å². The highest BCUT2D eigenvalue weighted by Gasteiger charge is 2.26. The molecule has 2 aromatic rings. The zero-order valence-electron chi connectivity index (χ0n) is 11.4. The molecule has 1 aromatic heterocycles. The molecular weight excluding hydrogens is 311 g/mol. The van der Waals surface area contributed by atoms with E-state index in [4.69, 9.17) is 23.2 Å². The third-order valence-corrected chi connectivity index (χ3v) is 4.43. The zero-order valence-corrected chi connectivity index (χ0v) is 12.9. The van der Waals surface area contributed by atoms with Crippen molar-refractivity contribution in [3.8, 4) is 16.9 Å². The van der Waals surface area contributed by atoms with Crippen LogP contribution in [0.2, 0.25) is 10.0 Å². The van der Waals surface area contributed by atoms with Crippen LogP contribution in [0.1, 0.15) is 31.0 Å². The molecule has 1 aliphatic rings. The first-order valence-electron chi connectivity index (χ1n) is 6.77. The number of aromatic hydroxyl groups is 1. The summed E-state index contributed by atoms with van der Waals surface area (Å²) in [6, 6.07) is 4.96. The number of hydrogen-bond donors (Lipinski definition) is 1. The molecule has 1 aliphatic carbocycles. The largest absolute Gasteiger partial charge is 0.505 e. The van der Waals surface area contributed by atoms with Crippen molar-refractivity contribution in [1.82, 2.24) is 9.78 Å². The van der Waals surface area contributed by atoms with Gasteiger partial charge in [0.25, 0.3) is 5.56 Å². The van der Waals surface area contributed by atoms with Crippen LogP contribution < -0.4 is 5.56 Å². The number of hydrogen-bond acceptors (Lipinski definition) is 3. The third kappa shape index (κ3) is 2.43. The molecule has 0 atom stereocenters. The molecule has 21 heavy (non-hydrogen) atoms. The van der Waals surface area contributed by atoms with Gasteiger partial charge in [-0.25, -0.2) is 4.68 Å². The maximum Gasteiger partial charge on any atom is 0.278 e. The van der Waals surface area contributed by atoms with E-state index in [2.05, 4.69) is 5.10 Å². The first kappa shape index (κ1) is 14.4. The smallest absolute Gasteiger partial charge is 0.278 e. The van der Waals surface area contributed by atoms with Gasteiger partial charge in [0.2, 0.25) is 0 Å². The maximum atomic E-state index is 12.7. The SMILES string of the molecule is Cc1nn(C2CCC2)c(=O)c(-c2ccc(Cl)cc2Cl)c1O. The quantitative estimate of drug-likeness (QED) is 0.909. The molecule has 0 saturated heterocycles. The Labute approximate surface area is 131 Å². The predicted molar refractivity (Wildman–Crippen MR) is 83.2 cm³/mol. The number of halogens is 2. The van der Waals surface area contributed by atoms with E-state index in [1.54, 1.807) is 25.1 Å². The van der Waals surface area contributed by atoms with Gasteiger partial charge in [-0.2, -0.15) is 5.10 Å². The van der Waals surface area contributed by atoms with Crippen molar-refractivity contribution in [2.45, 2.75) is 32.2 Å². The highest BCUT2D eigenvalue weighted by Crippen LogP contribution is 2.36. The summed E-state index contributed by atoms with van der Waals surface area (Å²) in [7, 11) is 0. The van der Waals surface area contributed by atoms with Gasteiger partial charge in [-0.3, -0.25) is 4.79 Å². The van der Waals surface area contributed by atoms with Gasteiger partial charge in [0, 0.05) is 10.6 Å². The summed E-state index contributed by atoms with van der Waals surface area (Å²) in [5.41, 5.74) is 0.771. The Kier molecular flexibility index (Phi) is 3.68. The van der Waals surface area contributed by atoms with E-state index < -0.39 is 0 Å². The highest BCUT2D eigenvalue weighted by molar-refractivity contribution is 6.36. The molecule has 6 heteroatoms. The summed E-state index contributed by atoms with van der Waals surface area (Å²) in [6.07, 6.45) is 2.96. The second-order valence-electron chi connectivity index (χ2n) is 5.27. The molecule has 1 heterocycles. The second kappa shape index (κ2) is 5.35. The Morgan fingerprint density at radius 3 is 2.62 bits per heavy atom. The van der Waals surface area contributed by atoms with Crippen LogP contribution in [0.5, 0.6) is 5.75 Å². The first-order valence-corrected chi connectivity index (χ1v) is 7.52. The molecule has 0 amide bonds.